The van der Waals surface area contributed by atoms with Crippen LogP contribution in [0.2, 0.25) is 0 Å². The molecule has 0 heterocycles. The van der Waals surface area contributed by atoms with Gasteiger partial charge in [-0.25, -0.2) is 0 Å². The summed E-state index contributed by atoms with van der Waals surface area (Å²) in [5, 5.41) is 3.98. The quantitative estimate of drug-likeness (QED) is 0.753. The predicted octanol–water partition coefficient (Wildman–Crippen LogP) is 2.22. The molecule has 0 amide bonds. The van der Waals surface area contributed by atoms with Gasteiger partial charge in [0.05, 0.1) is 0 Å². The summed E-state index contributed by atoms with van der Waals surface area (Å²) in [5.41, 5.74) is 0. The minimum Gasteiger partial charge on any atom is -0.302 e. The minimum absolute atomic E-state index is 0.246. The fourth-order valence-corrected chi connectivity index (χ4v) is 3.16. The van der Waals surface area contributed by atoms with Gasteiger partial charge in [-0.2, -0.15) is 0 Å². The summed E-state index contributed by atoms with van der Waals surface area (Å²) in [7, 11) is -2.35. The van der Waals surface area contributed by atoms with Gasteiger partial charge in [0.1, 0.15) is 0 Å². The van der Waals surface area contributed by atoms with Crippen LogP contribution in [0.3, 0.4) is 0 Å². The number of hydrogen-bond donors (Lipinski definition) is 1. The monoisotopic (exact) mass is 197 g/mol. The summed E-state index contributed by atoms with van der Waals surface area (Å²) in [6.45, 7) is 5.76. The predicted molar refractivity (Wildman–Crippen MR) is 57.9 cm³/mol. The highest BCUT2D eigenvalue weighted by Crippen LogP contribution is 2.34. The molecule has 1 unspecified atom stereocenters. The van der Waals surface area contributed by atoms with Crippen LogP contribution in [0.5, 0.6) is 0 Å². The molecular formula is C10H16NOP. The minimum atomic E-state index is -2.35. The van der Waals surface area contributed by atoms with Crippen LogP contribution in [-0.2, 0) is 4.57 Å². The first-order chi connectivity index (χ1) is 6.02. The molecule has 0 aliphatic heterocycles. The van der Waals surface area contributed by atoms with E-state index in [-0.39, 0.29) is 6.04 Å². The SMILES string of the molecule is CC(C)NP(C)(=O)c1ccccc1. The Morgan fingerprint density at radius 3 is 2.23 bits per heavy atom. The number of hydrogen-bond acceptors (Lipinski definition) is 1. The maximum atomic E-state index is 12.1. The van der Waals surface area contributed by atoms with Gasteiger partial charge in [0.2, 0.25) is 0 Å². The van der Waals surface area contributed by atoms with Crippen LogP contribution in [0, 0.1) is 0 Å². The Bertz CT molecular complexity index is 308. The molecular weight excluding hydrogens is 181 g/mol. The Kier molecular flexibility index (Phi) is 3.29. The van der Waals surface area contributed by atoms with Crippen molar-refractivity contribution in [3.63, 3.8) is 0 Å². The van der Waals surface area contributed by atoms with E-state index in [0.29, 0.717) is 0 Å². The molecule has 0 saturated carbocycles. The van der Waals surface area contributed by atoms with Crippen molar-refractivity contribution in [3.05, 3.63) is 30.3 Å². The molecule has 3 heteroatoms. The van der Waals surface area contributed by atoms with Gasteiger partial charge >= 0.3 is 0 Å². The van der Waals surface area contributed by atoms with Crippen LogP contribution >= 0.6 is 7.29 Å². The third-order valence-corrected chi connectivity index (χ3v) is 4.05. The van der Waals surface area contributed by atoms with E-state index in [9.17, 15) is 4.57 Å². The summed E-state index contributed by atoms with van der Waals surface area (Å²) >= 11 is 0. The number of benzene rings is 1. The molecule has 1 N–H and O–H groups in total. The Balaban J connectivity index is 2.88. The Morgan fingerprint density at radius 2 is 1.77 bits per heavy atom. The summed E-state index contributed by atoms with van der Waals surface area (Å²) in [5.74, 6) is 0. The average molecular weight is 197 g/mol. The van der Waals surface area contributed by atoms with Gasteiger partial charge < -0.3 is 4.57 Å². The maximum absolute atomic E-state index is 12.1. The van der Waals surface area contributed by atoms with Gasteiger partial charge in [-0.15, -0.1) is 0 Å². The molecule has 1 rings (SSSR count). The van der Waals surface area contributed by atoms with E-state index >= 15 is 0 Å². The van der Waals surface area contributed by atoms with Crippen molar-refractivity contribution < 1.29 is 4.57 Å². The first-order valence-corrected chi connectivity index (χ1v) is 6.59. The fraction of sp³-hybridized carbons (Fsp3) is 0.400. The third kappa shape index (κ3) is 2.98. The molecule has 0 bridgehead atoms. The Morgan fingerprint density at radius 1 is 1.23 bits per heavy atom. The van der Waals surface area contributed by atoms with Crippen molar-refractivity contribution in [2.24, 2.45) is 0 Å². The van der Waals surface area contributed by atoms with Gasteiger partial charge in [0.15, 0.2) is 7.29 Å². The lowest BCUT2D eigenvalue weighted by molar-refractivity contribution is 0.567. The smallest absolute Gasteiger partial charge is 0.173 e. The Labute approximate surface area is 79.8 Å². The zero-order valence-electron chi connectivity index (χ0n) is 8.32. The van der Waals surface area contributed by atoms with Crippen molar-refractivity contribution in [3.8, 4) is 0 Å². The second-order valence-corrected chi connectivity index (χ2v) is 6.17. The topological polar surface area (TPSA) is 29.1 Å². The highest BCUT2D eigenvalue weighted by Gasteiger charge is 2.17. The van der Waals surface area contributed by atoms with Crippen molar-refractivity contribution in [2.45, 2.75) is 19.9 Å². The zero-order chi connectivity index (χ0) is 9.90. The molecule has 72 valence electrons. The van der Waals surface area contributed by atoms with Gasteiger partial charge in [-0.05, 0) is 13.8 Å². The van der Waals surface area contributed by atoms with Crippen molar-refractivity contribution >= 4 is 12.6 Å². The van der Waals surface area contributed by atoms with Crippen LogP contribution in [0.4, 0.5) is 0 Å². The standard InChI is InChI=1S/C10H16NOP/c1-9(2)11-13(3,12)10-7-5-4-6-8-10/h4-9H,1-3H3,(H,11,12). The van der Waals surface area contributed by atoms with Gasteiger partial charge in [0, 0.05) is 18.0 Å². The molecule has 1 aromatic rings. The Hall–Kier alpha value is -0.590. The van der Waals surface area contributed by atoms with Gasteiger partial charge in [-0.3, -0.25) is 5.09 Å². The largest absolute Gasteiger partial charge is 0.302 e. The molecule has 0 fully saturated rings. The molecule has 1 atom stereocenters. The lowest BCUT2D eigenvalue weighted by atomic mass is 10.4. The summed E-state index contributed by atoms with van der Waals surface area (Å²) in [4.78, 5) is 0. The number of rotatable bonds is 3. The van der Waals surface area contributed by atoms with Gasteiger partial charge in [-0.1, -0.05) is 30.3 Å². The molecule has 0 spiro atoms. The fourth-order valence-electron chi connectivity index (χ4n) is 1.28. The molecule has 0 aliphatic rings. The van der Waals surface area contributed by atoms with E-state index in [1.54, 1.807) is 6.66 Å². The first kappa shape index (κ1) is 10.5. The molecule has 0 aliphatic carbocycles. The third-order valence-electron chi connectivity index (χ3n) is 1.75. The highest BCUT2D eigenvalue weighted by molar-refractivity contribution is 7.69. The lowest BCUT2D eigenvalue weighted by Gasteiger charge is -2.17. The van der Waals surface area contributed by atoms with Crippen LogP contribution in [0.25, 0.3) is 0 Å². The van der Waals surface area contributed by atoms with E-state index in [1.807, 2.05) is 44.2 Å². The molecule has 0 aromatic heterocycles. The summed E-state index contributed by atoms with van der Waals surface area (Å²) in [6, 6.07) is 9.79. The molecule has 0 radical (unpaired) electrons. The maximum Gasteiger partial charge on any atom is 0.173 e. The average Bonchev–Trinajstić information content (AvgIpc) is 2.04. The van der Waals surface area contributed by atoms with Crippen LogP contribution in [-0.4, -0.2) is 12.7 Å². The molecule has 13 heavy (non-hydrogen) atoms. The first-order valence-electron chi connectivity index (χ1n) is 4.43. The second kappa shape index (κ2) is 4.08. The van der Waals surface area contributed by atoms with E-state index in [1.165, 1.54) is 0 Å². The van der Waals surface area contributed by atoms with Gasteiger partial charge in [0.25, 0.3) is 0 Å². The molecule has 2 nitrogen and oxygen atoms in total. The normalized spacial score (nSPS) is 15.7. The second-order valence-electron chi connectivity index (χ2n) is 3.54. The summed E-state index contributed by atoms with van der Waals surface area (Å²) < 4.78 is 12.1. The number of nitrogens with one attached hydrogen (secondary N) is 1. The van der Waals surface area contributed by atoms with E-state index in [4.69, 9.17) is 0 Å². The molecule has 1 aromatic carbocycles. The lowest BCUT2D eigenvalue weighted by Crippen LogP contribution is -2.24. The molecule has 0 saturated heterocycles. The van der Waals surface area contributed by atoms with Crippen molar-refractivity contribution in [2.75, 3.05) is 6.66 Å². The van der Waals surface area contributed by atoms with E-state index < -0.39 is 7.29 Å². The highest BCUT2D eigenvalue weighted by atomic mass is 31.2. The summed E-state index contributed by atoms with van der Waals surface area (Å²) in [6.07, 6.45) is 0. The van der Waals surface area contributed by atoms with Crippen LogP contribution in [0.15, 0.2) is 30.3 Å². The van der Waals surface area contributed by atoms with E-state index in [2.05, 4.69) is 5.09 Å². The van der Waals surface area contributed by atoms with Crippen molar-refractivity contribution in [1.82, 2.24) is 5.09 Å². The van der Waals surface area contributed by atoms with Crippen molar-refractivity contribution in [1.29, 1.82) is 0 Å². The van der Waals surface area contributed by atoms with Crippen LogP contribution in [0.1, 0.15) is 13.8 Å². The zero-order valence-corrected chi connectivity index (χ0v) is 9.21. The van der Waals surface area contributed by atoms with Crippen LogP contribution < -0.4 is 10.4 Å². The van der Waals surface area contributed by atoms with E-state index in [0.717, 1.165) is 5.30 Å².